The molecule has 0 fully saturated rings. The quantitative estimate of drug-likeness (QED) is 0.292. The number of amides is 1. The molecule has 166 valence electrons. The van der Waals surface area contributed by atoms with Gasteiger partial charge in [0.25, 0.3) is 5.91 Å². The molecule has 0 spiro atoms. The van der Waals surface area contributed by atoms with Crippen molar-refractivity contribution in [3.05, 3.63) is 95.8 Å². The Morgan fingerprint density at radius 1 is 1.03 bits per heavy atom. The summed E-state index contributed by atoms with van der Waals surface area (Å²) in [5.74, 6) is -1.02. The van der Waals surface area contributed by atoms with Crippen LogP contribution in [0.3, 0.4) is 0 Å². The number of benzene rings is 3. The summed E-state index contributed by atoms with van der Waals surface area (Å²) in [6.07, 6.45) is 3.46. The van der Waals surface area contributed by atoms with E-state index in [2.05, 4.69) is 10.5 Å². The van der Waals surface area contributed by atoms with Gasteiger partial charge in [-0.1, -0.05) is 42.5 Å². The molecule has 0 heterocycles. The number of hydrazone groups is 1. The normalized spacial score (nSPS) is 11.7. The maximum atomic E-state index is 13.2. The van der Waals surface area contributed by atoms with E-state index in [4.69, 9.17) is 0 Å². The molecule has 0 aromatic heterocycles. The number of nitrogens with one attached hydrogen (secondary N) is 1. The van der Waals surface area contributed by atoms with Crippen LogP contribution in [0, 0.1) is 5.82 Å². The molecule has 0 aliphatic carbocycles. The number of sulfonamides is 1. The van der Waals surface area contributed by atoms with Crippen molar-refractivity contribution in [1.29, 1.82) is 0 Å². The van der Waals surface area contributed by atoms with Crippen LogP contribution in [-0.2, 0) is 21.4 Å². The van der Waals surface area contributed by atoms with Gasteiger partial charge in [-0.25, -0.2) is 18.2 Å². The summed E-state index contributed by atoms with van der Waals surface area (Å²) in [6, 6.07) is 20.9. The summed E-state index contributed by atoms with van der Waals surface area (Å²) in [7, 11) is -3.96. The Balaban J connectivity index is 1.74. The zero-order valence-corrected chi connectivity index (χ0v) is 18.9. The summed E-state index contributed by atoms with van der Waals surface area (Å²) in [5.41, 5.74) is 3.71. The summed E-state index contributed by atoms with van der Waals surface area (Å²) < 4.78 is 40.5. The van der Waals surface area contributed by atoms with Crippen LogP contribution in [0.1, 0.15) is 11.1 Å². The molecule has 0 atom stereocenters. The molecule has 0 saturated heterocycles. The molecule has 6 nitrogen and oxygen atoms in total. The molecule has 32 heavy (non-hydrogen) atoms. The molecule has 0 radical (unpaired) electrons. The molecular weight excluding hydrogens is 449 g/mol. The monoisotopic (exact) mass is 471 g/mol. The first-order chi connectivity index (χ1) is 15.4. The average molecular weight is 472 g/mol. The summed E-state index contributed by atoms with van der Waals surface area (Å²) in [4.78, 5) is 13.6. The Hall–Kier alpha value is -3.01. The predicted molar refractivity (Wildman–Crippen MR) is 124 cm³/mol. The fourth-order valence-electron chi connectivity index (χ4n) is 2.83. The van der Waals surface area contributed by atoms with Gasteiger partial charge in [0.1, 0.15) is 5.82 Å². The van der Waals surface area contributed by atoms with Crippen molar-refractivity contribution in [3.8, 4) is 0 Å². The fraction of sp³-hybridized carbons (Fsp3) is 0.130. The van der Waals surface area contributed by atoms with Crippen molar-refractivity contribution >= 4 is 33.9 Å². The van der Waals surface area contributed by atoms with Gasteiger partial charge in [-0.15, -0.1) is 11.8 Å². The zero-order valence-electron chi connectivity index (χ0n) is 17.3. The first kappa shape index (κ1) is 23.6. The van der Waals surface area contributed by atoms with Gasteiger partial charge in [-0.05, 0) is 53.8 Å². The number of hydrogen-bond donors (Lipinski definition) is 1. The van der Waals surface area contributed by atoms with E-state index in [0.717, 1.165) is 14.8 Å². The highest BCUT2D eigenvalue weighted by molar-refractivity contribution is 7.98. The third kappa shape index (κ3) is 6.49. The van der Waals surface area contributed by atoms with Crippen molar-refractivity contribution < 1.29 is 17.6 Å². The van der Waals surface area contributed by atoms with Crippen LogP contribution in [0.5, 0.6) is 0 Å². The van der Waals surface area contributed by atoms with Gasteiger partial charge >= 0.3 is 0 Å². The molecule has 0 aliphatic heterocycles. The Bertz CT molecular complexity index is 1170. The van der Waals surface area contributed by atoms with Crippen molar-refractivity contribution in [2.45, 2.75) is 16.3 Å². The van der Waals surface area contributed by atoms with E-state index in [1.165, 1.54) is 42.6 Å². The first-order valence-corrected chi connectivity index (χ1v) is 12.3. The minimum Gasteiger partial charge on any atom is -0.272 e. The summed E-state index contributed by atoms with van der Waals surface area (Å²) in [6.45, 7) is -0.540. The van der Waals surface area contributed by atoms with Crippen molar-refractivity contribution in [2.24, 2.45) is 5.10 Å². The van der Waals surface area contributed by atoms with Gasteiger partial charge < -0.3 is 0 Å². The van der Waals surface area contributed by atoms with E-state index in [0.29, 0.717) is 5.56 Å². The van der Waals surface area contributed by atoms with Crippen molar-refractivity contribution in [1.82, 2.24) is 9.73 Å². The lowest BCUT2D eigenvalue weighted by Gasteiger charge is -2.21. The number of carbonyl (C=O) groups is 1. The maximum absolute atomic E-state index is 13.2. The Labute approximate surface area is 191 Å². The third-order valence-electron chi connectivity index (χ3n) is 4.49. The average Bonchev–Trinajstić information content (AvgIpc) is 2.81. The van der Waals surface area contributed by atoms with Crippen LogP contribution in [-0.4, -0.2) is 37.6 Å². The Morgan fingerprint density at radius 3 is 2.31 bits per heavy atom. The Kier molecular flexibility index (Phi) is 8.15. The second-order valence-corrected chi connectivity index (χ2v) is 9.60. The van der Waals surface area contributed by atoms with Crippen LogP contribution in [0.25, 0.3) is 0 Å². The zero-order chi connectivity index (χ0) is 23.0. The van der Waals surface area contributed by atoms with Crippen LogP contribution in [0.15, 0.2) is 93.8 Å². The minimum absolute atomic E-state index is 0.0623. The van der Waals surface area contributed by atoms with E-state index >= 15 is 0 Å². The molecule has 0 bridgehead atoms. The maximum Gasteiger partial charge on any atom is 0.255 e. The molecule has 0 saturated carbocycles. The van der Waals surface area contributed by atoms with E-state index in [1.807, 2.05) is 30.5 Å². The highest BCUT2D eigenvalue weighted by Gasteiger charge is 2.26. The van der Waals surface area contributed by atoms with Gasteiger partial charge in [-0.3, -0.25) is 4.79 Å². The van der Waals surface area contributed by atoms with E-state index < -0.39 is 28.3 Å². The van der Waals surface area contributed by atoms with Crippen molar-refractivity contribution in [3.63, 3.8) is 0 Å². The van der Waals surface area contributed by atoms with Crippen LogP contribution in [0.4, 0.5) is 4.39 Å². The predicted octanol–water partition coefficient (Wildman–Crippen LogP) is 3.89. The van der Waals surface area contributed by atoms with Crippen LogP contribution in [0.2, 0.25) is 0 Å². The molecule has 3 rings (SSSR count). The topological polar surface area (TPSA) is 78.8 Å². The van der Waals surface area contributed by atoms with Gasteiger partial charge in [-0.2, -0.15) is 9.41 Å². The Morgan fingerprint density at radius 2 is 1.69 bits per heavy atom. The number of thioether (sulfide) groups is 1. The number of hydrogen-bond acceptors (Lipinski definition) is 5. The van der Waals surface area contributed by atoms with Gasteiger partial charge in [0, 0.05) is 11.4 Å². The number of rotatable bonds is 9. The van der Waals surface area contributed by atoms with Gasteiger partial charge in [0.05, 0.1) is 17.7 Å². The van der Waals surface area contributed by atoms with Gasteiger partial charge in [0.15, 0.2) is 0 Å². The van der Waals surface area contributed by atoms with Crippen LogP contribution >= 0.6 is 11.8 Å². The molecule has 1 N–H and O–H groups in total. The summed E-state index contributed by atoms with van der Waals surface area (Å²) in [5, 5.41) is 3.92. The van der Waals surface area contributed by atoms with E-state index in [1.54, 1.807) is 30.0 Å². The minimum atomic E-state index is -3.96. The SMILES string of the molecule is CSc1ccc(/C=N\NC(=O)CN(Cc2ccc(F)cc2)S(=O)(=O)c2ccccc2)cc1. The summed E-state index contributed by atoms with van der Waals surface area (Å²) >= 11 is 1.62. The molecule has 0 aliphatic rings. The first-order valence-electron chi connectivity index (χ1n) is 9.64. The lowest BCUT2D eigenvalue weighted by Crippen LogP contribution is -2.39. The number of carbonyl (C=O) groups excluding carboxylic acids is 1. The fourth-order valence-corrected chi connectivity index (χ4v) is 4.64. The molecule has 3 aromatic carbocycles. The molecular formula is C23H22FN3O3S2. The number of nitrogens with zero attached hydrogens (tertiary/aromatic N) is 2. The highest BCUT2D eigenvalue weighted by Crippen LogP contribution is 2.18. The van der Waals surface area contributed by atoms with Gasteiger partial charge in [0.2, 0.25) is 10.0 Å². The lowest BCUT2D eigenvalue weighted by molar-refractivity contribution is -0.121. The lowest BCUT2D eigenvalue weighted by atomic mass is 10.2. The molecule has 9 heteroatoms. The molecule has 3 aromatic rings. The largest absolute Gasteiger partial charge is 0.272 e. The van der Waals surface area contributed by atoms with E-state index in [9.17, 15) is 17.6 Å². The molecule has 0 unspecified atom stereocenters. The number of halogens is 1. The van der Waals surface area contributed by atoms with Crippen molar-refractivity contribution in [2.75, 3.05) is 12.8 Å². The molecule has 1 amide bonds. The smallest absolute Gasteiger partial charge is 0.255 e. The van der Waals surface area contributed by atoms with E-state index in [-0.39, 0.29) is 11.4 Å². The standard InChI is InChI=1S/C23H22FN3O3S2/c1-31-21-13-9-18(10-14-21)15-25-26-23(28)17-27(16-19-7-11-20(24)12-8-19)32(29,30)22-5-3-2-4-6-22/h2-15H,16-17H2,1H3,(H,26,28)/b25-15-. The third-order valence-corrected chi connectivity index (χ3v) is 7.04. The second-order valence-electron chi connectivity index (χ2n) is 6.78. The second kappa shape index (κ2) is 11.0. The highest BCUT2D eigenvalue weighted by atomic mass is 32.2. The van der Waals surface area contributed by atoms with Crippen LogP contribution < -0.4 is 5.43 Å².